The first kappa shape index (κ1) is 25.6. The van der Waals surface area contributed by atoms with E-state index in [0.29, 0.717) is 11.8 Å². The van der Waals surface area contributed by atoms with Crippen LogP contribution in [0.2, 0.25) is 0 Å². The highest BCUT2D eigenvalue weighted by atomic mass is 16.3. The van der Waals surface area contributed by atoms with Gasteiger partial charge >= 0.3 is 0 Å². The maximum atomic E-state index is 9.89. The number of hydrogen-bond donors (Lipinski definition) is 1. The summed E-state index contributed by atoms with van der Waals surface area (Å²) in [6.45, 7) is 12.4. The van der Waals surface area contributed by atoms with Gasteiger partial charge in [0, 0.05) is 31.9 Å². The molecule has 34 heavy (non-hydrogen) atoms. The molecule has 1 N–H and O–H groups in total. The Labute approximate surface area is 206 Å². The number of aromatic hydroxyl groups is 1. The van der Waals surface area contributed by atoms with Gasteiger partial charge in [0.15, 0.2) is 0 Å². The van der Waals surface area contributed by atoms with Gasteiger partial charge in [0.25, 0.3) is 0 Å². The first-order chi connectivity index (χ1) is 16.5. The Morgan fingerprint density at radius 1 is 0.941 bits per heavy atom. The molecule has 0 saturated carbocycles. The third-order valence-corrected chi connectivity index (χ3v) is 6.56. The molecule has 0 saturated heterocycles. The fourth-order valence-electron chi connectivity index (χ4n) is 4.51. The van der Waals surface area contributed by atoms with Gasteiger partial charge in [0.1, 0.15) is 5.75 Å². The SMILES string of the molecule is C/C=C(/CN(Cc1ccccc1)Cc1ccc(O)cc1C)N(CCCC)C(C)c1ccccc1. The van der Waals surface area contributed by atoms with E-state index >= 15 is 0 Å². The monoisotopic (exact) mass is 456 g/mol. The predicted octanol–water partition coefficient (Wildman–Crippen LogP) is 7.47. The third kappa shape index (κ3) is 7.23. The summed E-state index contributed by atoms with van der Waals surface area (Å²) in [6.07, 6.45) is 4.64. The van der Waals surface area contributed by atoms with E-state index in [2.05, 4.69) is 110 Å². The minimum atomic E-state index is 0.313. The van der Waals surface area contributed by atoms with E-state index in [9.17, 15) is 5.11 Å². The molecule has 0 heterocycles. The van der Waals surface area contributed by atoms with E-state index in [1.54, 1.807) is 6.07 Å². The van der Waals surface area contributed by atoms with Gasteiger partial charge in [-0.05, 0) is 61.6 Å². The molecule has 3 heteroatoms. The molecule has 0 radical (unpaired) electrons. The number of hydrogen-bond acceptors (Lipinski definition) is 3. The maximum absolute atomic E-state index is 9.89. The van der Waals surface area contributed by atoms with Crippen LogP contribution in [0.25, 0.3) is 0 Å². The third-order valence-electron chi connectivity index (χ3n) is 6.56. The van der Waals surface area contributed by atoms with Crippen molar-refractivity contribution in [3.05, 3.63) is 113 Å². The molecule has 3 aromatic carbocycles. The van der Waals surface area contributed by atoms with Crippen molar-refractivity contribution in [2.24, 2.45) is 0 Å². The van der Waals surface area contributed by atoms with Crippen molar-refractivity contribution in [3.8, 4) is 5.75 Å². The first-order valence-electron chi connectivity index (χ1n) is 12.5. The fraction of sp³-hybridized carbons (Fsp3) is 0.355. The van der Waals surface area contributed by atoms with Gasteiger partial charge in [-0.15, -0.1) is 0 Å². The minimum absolute atomic E-state index is 0.313. The molecule has 3 nitrogen and oxygen atoms in total. The number of aryl methyl sites for hydroxylation is 1. The molecule has 0 fully saturated rings. The molecule has 0 aromatic heterocycles. The average molecular weight is 457 g/mol. The molecule has 180 valence electrons. The second-order valence-corrected chi connectivity index (χ2v) is 9.16. The molecule has 0 aliphatic rings. The normalized spacial score (nSPS) is 12.7. The number of phenolic OH excluding ortho intramolecular Hbond substituents is 1. The molecule has 3 aromatic rings. The van der Waals surface area contributed by atoms with Crippen molar-refractivity contribution in [2.75, 3.05) is 13.1 Å². The van der Waals surface area contributed by atoms with Crippen molar-refractivity contribution < 1.29 is 5.11 Å². The molecule has 1 atom stereocenters. The lowest BCUT2D eigenvalue weighted by Crippen LogP contribution is -2.35. The average Bonchev–Trinajstić information content (AvgIpc) is 2.86. The number of nitrogens with zero attached hydrogens (tertiary/aromatic N) is 2. The first-order valence-corrected chi connectivity index (χ1v) is 12.5. The molecule has 0 spiro atoms. The minimum Gasteiger partial charge on any atom is -0.508 e. The van der Waals surface area contributed by atoms with Crippen molar-refractivity contribution in [1.29, 1.82) is 0 Å². The Kier molecular flexibility index (Phi) is 9.78. The van der Waals surface area contributed by atoms with E-state index in [0.717, 1.165) is 31.7 Å². The number of rotatable bonds is 12. The van der Waals surface area contributed by atoms with Crippen LogP contribution in [0.15, 0.2) is 90.6 Å². The lowest BCUT2D eigenvalue weighted by atomic mass is 10.0. The molecule has 0 bridgehead atoms. The highest BCUT2D eigenvalue weighted by Crippen LogP contribution is 2.27. The smallest absolute Gasteiger partial charge is 0.115 e. The Morgan fingerprint density at radius 2 is 1.62 bits per heavy atom. The lowest BCUT2D eigenvalue weighted by Gasteiger charge is -2.36. The largest absolute Gasteiger partial charge is 0.508 e. The molecule has 3 rings (SSSR count). The summed E-state index contributed by atoms with van der Waals surface area (Å²) in [6, 6.07) is 27.5. The highest BCUT2D eigenvalue weighted by molar-refractivity contribution is 5.34. The van der Waals surface area contributed by atoms with Gasteiger partial charge in [-0.2, -0.15) is 0 Å². The summed E-state index contributed by atoms with van der Waals surface area (Å²) < 4.78 is 0. The van der Waals surface area contributed by atoms with Crippen LogP contribution in [0.3, 0.4) is 0 Å². The zero-order valence-corrected chi connectivity index (χ0v) is 21.2. The molecule has 0 aliphatic carbocycles. The van der Waals surface area contributed by atoms with Crippen LogP contribution in [0.5, 0.6) is 5.75 Å². The zero-order valence-electron chi connectivity index (χ0n) is 21.2. The molecular weight excluding hydrogens is 416 g/mol. The second-order valence-electron chi connectivity index (χ2n) is 9.16. The lowest BCUT2D eigenvalue weighted by molar-refractivity contribution is 0.206. The van der Waals surface area contributed by atoms with Crippen molar-refractivity contribution in [3.63, 3.8) is 0 Å². The standard InChI is InChI=1S/C31H40N2O/c1-5-7-20-33(26(4)28-16-12-9-13-17-28)30(6-2)24-32(22-27-14-10-8-11-15-27)23-29-18-19-31(34)21-25(29)3/h6,8-19,21,26,34H,5,7,20,22-24H2,1-4H3/b30-6-. The second kappa shape index (κ2) is 13.0. The van der Waals surface area contributed by atoms with Gasteiger partial charge in [-0.1, -0.05) is 86.2 Å². The van der Waals surface area contributed by atoms with Gasteiger partial charge in [0.2, 0.25) is 0 Å². The summed E-state index contributed by atoms with van der Waals surface area (Å²) in [5.41, 5.74) is 6.39. The van der Waals surface area contributed by atoms with E-state index in [1.165, 1.54) is 35.2 Å². The quantitative estimate of drug-likeness (QED) is 0.306. The van der Waals surface area contributed by atoms with Crippen LogP contribution >= 0.6 is 0 Å². The topological polar surface area (TPSA) is 26.7 Å². The zero-order chi connectivity index (χ0) is 24.3. The van der Waals surface area contributed by atoms with E-state index in [1.807, 2.05) is 6.07 Å². The Bertz CT molecular complexity index is 1030. The van der Waals surface area contributed by atoms with Crippen LogP contribution in [-0.4, -0.2) is 28.0 Å². The van der Waals surface area contributed by atoms with Gasteiger partial charge in [-0.25, -0.2) is 0 Å². The van der Waals surface area contributed by atoms with Crippen LogP contribution in [0, 0.1) is 6.92 Å². The number of unbranched alkanes of at least 4 members (excludes halogenated alkanes) is 1. The van der Waals surface area contributed by atoms with Crippen molar-refractivity contribution in [1.82, 2.24) is 9.80 Å². The summed E-state index contributed by atoms with van der Waals surface area (Å²) >= 11 is 0. The van der Waals surface area contributed by atoms with Gasteiger partial charge in [0.05, 0.1) is 6.04 Å². The van der Waals surface area contributed by atoms with E-state index < -0.39 is 0 Å². The van der Waals surface area contributed by atoms with E-state index in [4.69, 9.17) is 0 Å². The van der Waals surface area contributed by atoms with Crippen LogP contribution < -0.4 is 0 Å². The van der Waals surface area contributed by atoms with Crippen LogP contribution in [0.4, 0.5) is 0 Å². The molecule has 1 unspecified atom stereocenters. The van der Waals surface area contributed by atoms with Crippen LogP contribution in [-0.2, 0) is 13.1 Å². The summed E-state index contributed by atoms with van der Waals surface area (Å²) in [7, 11) is 0. The number of benzene rings is 3. The molecular formula is C31H40N2O. The number of phenols is 1. The van der Waals surface area contributed by atoms with Crippen LogP contribution in [0.1, 0.15) is 61.9 Å². The van der Waals surface area contributed by atoms with Gasteiger partial charge < -0.3 is 10.0 Å². The maximum Gasteiger partial charge on any atom is 0.115 e. The predicted molar refractivity (Wildman–Crippen MR) is 144 cm³/mol. The Balaban J connectivity index is 1.88. The number of allylic oxidation sites excluding steroid dienone is 1. The summed E-state index contributed by atoms with van der Waals surface area (Å²) in [4.78, 5) is 5.10. The van der Waals surface area contributed by atoms with Crippen molar-refractivity contribution in [2.45, 2.75) is 59.7 Å². The summed E-state index contributed by atoms with van der Waals surface area (Å²) in [5, 5.41) is 9.89. The summed E-state index contributed by atoms with van der Waals surface area (Å²) in [5.74, 6) is 0.326. The molecule has 0 aliphatic heterocycles. The van der Waals surface area contributed by atoms with Gasteiger partial charge in [-0.3, -0.25) is 4.90 Å². The fourth-order valence-corrected chi connectivity index (χ4v) is 4.51. The molecule has 0 amide bonds. The van der Waals surface area contributed by atoms with E-state index in [-0.39, 0.29) is 0 Å². The van der Waals surface area contributed by atoms with Crippen molar-refractivity contribution >= 4 is 0 Å². The highest BCUT2D eigenvalue weighted by Gasteiger charge is 2.20. The Hall–Kier alpha value is -3.04. The Morgan fingerprint density at radius 3 is 2.24 bits per heavy atom.